The third-order valence-corrected chi connectivity index (χ3v) is 3.52. The van der Waals surface area contributed by atoms with E-state index in [0.717, 1.165) is 18.4 Å². The monoisotopic (exact) mass is 269 g/mol. The summed E-state index contributed by atoms with van der Waals surface area (Å²) in [7, 11) is 0. The zero-order chi connectivity index (χ0) is 13.9. The van der Waals surface area contributed by atoms with Gasteiger partial charge < -0.3 is 4.90 Å². The molecule has 1 saturated carbocycles. The van der Waals surface area contributed by atoms with Crippen molar-refractivity contribution in [3.05, 3.63) is 71.5 Å². The summed E-state index contributed by atoms with van der Waals surface area (Å²) in [6, 6.07) is 16.1. The van der Waals surface area contributed by atoms with Crippen LogP contribution in [0.5, 0.6) is 0 Å². The maximum absolute atomic E-state index is 13.3. The summed E-state index contributed by atoms with van der Waals surface area (Å²) in [5.74, 6) is -0.456. The molecule has 0 radical (unpaired) electrons. The largest absolute Gasteiger partial charge is 0.331 e. The first-order chi connectivity index (χ1) is 9.74. The Hall–Kier alpha value is -2.16. The van der Waals surface area contributed by atoms with Crippen LogP contribution in [0.1, 0.15) is 28.8 Å². The molecule has 0 bridgehead atoms. The van der Waals surface area contributed by atoms with Crippen LogP contribution in [-0.2, 0) is 6.54 Å². The minimum absolute atomic E-state index is 0.0872. The van der Waals surface area contributed by atoms with Crippen LogP contribution >= 0.6 is 0 Å². The quantitative estimate of drug-likeness (QED) is 0.830. The Morgan fingerprint density at radius 2 is 1.85 bits per heavy atom. The van der Waals surface area contributed by atoms with Crippen molar-refractivity contribution < 1.29 is 9.18 Å². The molecule has 3 rings (SSSR count). The second kappa shape index (κ2) is 5.45. The SMILES string of the molecule is O=C(c1cccc(F)c1)N(Cc1ccccc1)C1CC1. The van der Waals surface area contributed by atoms with Gasteiger partial charge in [0.1, 0.15) is 5.82 Å². The van der Waals surface area contributed by atoms with Crippen LogP contribution in [0.4, 0.5) is 4.39 Å². The van der Waals surface area contributed by atoms with Gasteiger partial charge in [0.05, 0.1) is 0 Å². The van der Waals surface area contributed by atoms with Gasteiger partial charge in [0.15, 0.2) is 0 Å². The zero-order valence-electron chi connectivity index (χ0n) is 11.1. The molecule has 20 heavy (non-hydrogen) atoms. The highest BCUT2D eigenvalue weighted by Crippen LogP contribution is 2.29. The molecule has 2 aromatic carbocycles. The number of hydrogen-bond acceptors (Lipinski definition) is 1. The van der Waals surface area contributed by atoms with Crippen molar-refractivity contribution >= 4 is 5.91 Å². The molecule has 0 spiro atoms. The Morgan fingerprint density at radius 3 is 2.50 bits per heavy atom. The summed E-state index contributed by atoms with van der Waals surface area (Å²) in [6.45, 7) is 0.584. The molecule has 0 aliphatic heterocycles. The van der Waals surface area contributed by atoms with Gasteiger partial charge in [-0.15, -0.1) is 0 Å². The van der Waals surface area contributed by atoms with Crippen LogP contribution in [-0.4, -0.2) is 16.8 Å². The number of carbonyl (C=O) groups is 1. The molecule has 1 amide bonds. The van der Waals surface area contributed by atoms with Gasteiger partial charge in [-0.25, -0.2) is 4.39 Å². The van der Waals surface area contributed by atoms with Crippen LogP contribution < -0.4 is 0 Å². The predicted octanol–water partition coefficient (Wildman–Crippen LogP) is 3.63. The smallest absolute Gasteiger partial charge is 0.254 e. The number of amides is 1. The molecular weight excluding hydrogens is 253 g/mol. The number of halogens is 1. The van der Waals surface area contributed by atoms with Gasteiger partial charge in [0.25, 0.3) is 5.91 Å². The van der Waals surface area contributed by atoms with Crippen LogP contribution in [0.2, 0.25) is 0 Å². The summed E-state index contributed by atoms with van der Waals surface area (Å²) in [5.41, 5.74) is 1.52. The fraction of sp³-hybridized carbons (Fsp3) is 0.235. The Bertz CT molecular complexity index is 607. The second-order valence-corrected chi connectivity index (χ2v) is 5.16. The molecule has 1 aliphatic rings. The van der Waals surface area contributed by atoms with E-state index < -0.39 is 0 Å². The highest BCUT2D eigenvalue weighted by atomic mass is 19.1. The Morgan fingerprint density at radius 1 is 1.10 bits per heavy atom. The van der Waals surface area contributed by atoms with Gasteiger partial charge in [0.2, 0.25) is 0 Å². The third-order valence-electron chi connectivity index (χ3n) is 3.52. The van der Waals surface area contributed by atoms with Crippen molar-refractivity contribution in [3.63, 3.8) is 0 Å². The topological polar surface area (TPSA) is 20.3 Å². The summed E-state index contributed by atoms with van der Waals surface area (Å²) < 4.78 is 13.3. The van der Waals surface area contributed by atoms with E-state index in [0.29, 0.717) is 18.2 Å². The van der Waals surface area contributed by atoms with Crippen LogP contribution in [0.15, 0.2) is 54.6 Å². The molecule has 0 atom stereocenters. The zero-order valence-corrected chi connectivity index (χ0v) is 11.1. The van der Waals surface area contributed by atoms with Gasteiger partial charge in [0, 0.05) is 18.2 Å². The molecule has 2 nitrogen and oxygen atoms in total. The van der Waals surface area contributed by atoms with Gasteiger partial charge >= 0.3 is 0 Å². The van der Waals surface area contributed by atoms with Crippen molar-refractivity contribution in [2.75, 3.05) is 0 Å². The van der Waals surface area contributed by atoms with Crippen LogP contribution in [0, 0.1) is 5.82 Å². The van der Waals surface area contributed by atoms with E-state index in [1.165, 1.54) is 12.1 Å². The number of hydrogen-bond donors (Lipinski definition) is 0. The molecular formula is C17H16FNO. The van der Waals surface area contributed by atoms with Gasteiger partial charge in [-0.2, -0.15) is 0 Å². The number of carbonyl (C=O) groups excluding carboxylic acids is 1. The maximum Gasteiger partial charge on any atom is 0.254 e. The average molecular weight is 269 g/mol. The lowest BCUT2D eigenvalue weighted by Crippen LogP contribution is -2.32. The molecule has 0 saturated heterocycles. The Kier molecular flexibility index (Phi) is 3.50. The minimum atomic E-state index is -0.369. The summed E-state index contributed by atoms with van der Waals surface area (Å²) in [6.07, 6.45) is 2.07. The van der Waals surface area contributed by atoms with Gasteiger partial charge in [-0.05, 0) is 36.6 Å². The lowest BCUT2D eigenvalue weighted by molar-refractivity contribution is 0.0729. The number of nitrogens with zero attached hydrogens (tertiary/aromatic N) is 1. The summed E-state index contributed by atoms with van der Waals surface area (Å²) >= 11 is 0. The van der Waals surface area contributed by atoms with E-state index in [-0.39, 0.29) is 11.7 Å². The van der Waals surface area contributed by atoms with Crippen molar-refractivity contribution in [1.29, 1.82) is 0 Å². The molecule has 2 aromatic rings. The van der Waals surface area contributed by atoms with E-state index in [1.54, 1.807) is 12.1 Å². The van der Waals surface area contributed by atoms with Crippen LogP contribution in [0.3, 0.4) is 0 Å². The van der Waals surface area contributed by atoms with Crippen molar-refractivity contribution in [1.82, 2.24) is 4.90 Å². The lowest BCUT2D eigenvalue weighted by Gasteiger charge is -2.22. The minimum Gasteiger partial charge on any atom is -0.331 e. The number of rotatable bonds is 4. The van der Waals surface area contributed by atoms with Crippen molar-refractivity contribution in [3.8, 4) is 0 Å². The maximum atomic E-state index is 13.3. The molecule has 1 fully saturated rings. The Labute approximate surface area is 117 Å². The van der Waals surface area contributed by atoms with Gasteiger partial charge in [-0.1, -0.05) is 36.4 Å². The standard InChI is InChI=1S/C17H16FNO/c18-15-8-4-7-14(11-15)17(20)19(16-9-10-16)12-13-5-2-1-3-6-13/h1-8,11,16H,9-10,12H2. The molecule has 0 aromatic heterocycles. The molecule has 0 N–H and O–H groups in total. The van der Waals surface area contributed by atoms with E-state index in [1.807, 2.05) is 35.2 Å². The average Bonchev–Trinajstić information content (AvgIpc) is 3.30. The first-order valence-electron chi connectivity index (χ1n) is 6.84. The molecule has 1 aliphatic carbocycles. The van der Waals surface area contributed by atoms with Gasteiger partial charge in [-0.3, -0.25) is 4.79 Å². The second-order valence-electron chi connectivity index (χ2n) is 5.16. The first-order valence-corrected chi connectivity index (χ1v) is 6.84. The normalized spacial score (nSPS) is 14.1. The third kappa shape index (κ3) is 2.87. The molecule has 0 heterocycles. The Balaban J connectivity index is 1.82. The van der Waals surface area contributed by atoms with Crippen molar-refractivity contribution in [2.24, 2.45) is 0 Å². The summed E-state index contributed by atoms with van der Waals surface area (Å²) in [4.78, 5) is 14.4. The molecule has 102 valence electrons. The fourth-order valence-corrected chi connectivity index (χ4v) is 2.32. The van der Waals surface area contributed by atoms with Crippen molar-refractivity contribution in [2.45, 2.75) is 25.4 Å². The molecule has 0 unspecified atom stereocenters. The van der Waals surface area contributed by atoms with E-state index in [2.05, 4.69) is 0 Å². The van der Waals surface area contributed by atoms with E-state index >= 15 is 0 Å². The lowest BCUT2D eigenvalue weighted by atomic mass is 10.1. The summed E-state index contributed by atoms with van der Waals surface area (Å²) in [5, 5.41) is 0. The molecule has 3 heteroatoms. The highest BCUT2D eigenvalue weighted by Gasteiger charge is 2.33. The van der Waals surface area contributed by atoms with Crippen LogP contribution in [0.25, 0.3) is 0 Å². The van der Waals surface area contributed by atoms with E-state index in [9.17, 15) is 9.18 Å². The first kappa shape index (κ1) is 12.9. The predicted molar refractivity (Wildman–Crippen MR) is 75.7 cm³/mol. The number of benzene rings is 2. The fourth-order valence-electron chi connectivity index (χ4n) is 2.32. The highest BCUT2D eigenvalue weighted by molar-refractivity contribution is 5.94. The van der Waals surface area contributed by atoms with E-state index in [4.69, 9.17) is 0 Å².